The van der Waals surface area contributed by atoms with Crippen molar-refractivity contribution in [2.45, 2.75) is 0 Å². The van der Waals surface area contributed by atoms with Crippen LogP contribution in [0.2, 0.25) is 0 Å². The second-order valence-electron chi connectivity index (χ2n) is 2.24. The highest BCUT2D eigenvalue weighted by molar-refractivity contribution is 9.10. The zero-order valence-corrected chi connectivity index (χ0v) is 8.18. The molecule has 5 N–H and O–H groups in total. The van der Waals surface area contributed by atoms with Crippen LogP contribution in [0.1, 0.15) is 0 Å². The highest BCUT2D eigenvalue weighted by Crippen LogP contribution is 2.22. The minimum atomic E-state index is -0.457. The average Bonchev–Trinajstić information content (AvgIpc) is 2.11. The predicted octanol–water partition coefficient (Wildman–Crippen LogP) is 0.998. The van der Waals surface area contributed by atoms with Gasteiger partial charge in [0.05, 0.1) is 0 Å². The van der Waals surface area contributed by atoms with Gasteiger partial charge in [0.2, 0.25) is 5.96 Å². The first-order valence-electron chi connectivity index (χ1n) is 3.39. The van der Waals surface area contributed by atoms with E-state index in [9.17, 15) is 4.39 Å². The lowest BCUT2D eigenvalue weighted by Crippen LogP contribution is -2.36. The maximum absolute atomic E-state index is 13.0. The topological polar surface area (TPSA) is 76.4 Å². The summed E-state index contributed by atoms with van der Waals surface area (Å²) in [5.41, 5.74) is 7.49. The van der Waals surface area contributed by atoms with Crippen LogP contribution in [0.25, 0.3) is 0 Å². The lowest BCUT2D eigenvalue weighted by atomic mass is 10.3. The third-order valence-corrected chi connectivity index (χ3v) is 1.79. The number of guanidine groups is 1. The fourth-order valence-corrected chi connectivity index (χ4v) is 1.08. The molecule has 1 aromatic rings. The Bertz CT molecular complexity index is 339. The second-order valence-corrected chi connectivity index (χ2v) is 3.15. The lowest BCUT2D eigenvalue weighted by Gasteiger charge is -2.00. The summed E-state index contributed by atoms with van der Waals surface area (Å²) < 4.78 is 13.7. The Hall–Kier alpha value is -1.14. The van der Waals surface area contributed by atoms with Gasteiger partial charge >= 0.3 is 0 Å². The number of rotatable bonds is 1. The molecule has 4 nitrogen and oxygen atoms in total. The third kappa shape index (κ3) is 2.67. The molecule has 0 aliphatic carbocycles. The number of benzene rings is 1. The molecule has 0 atom stereocenters. The molecule has 0 aliphatic heterocycles. The highest BCUT2D eigenvalue weighted by atomic mass is 79.9. The van der Waals surface area contributed by atoms with E-state index < -0.39 is 5.82 Å². The largest absolute Gasteiger partial charge is 0.369 e. The van der Waals surface area contributed by atoms with E-state index in [0.717, 1.165) is 4.47 Å². The summed E-state index contributed by atoms with van der Waals surface area (Å²) in [6.07, 6.45) is 0. The minimum Gasteiger partial charge on any atom is -0.369 e. The molecule has 1 aromatic carbocycles. The Kier molecular flexibility index (Phi) is 3.21. The predicted molar refractivity (Wildman–Crippen MR) is 52.7 cm³/mol. The average molecular weight is 247 g/mol. The number of hydrogen-bond acceptors (Lipinski definition) is 2. The highest BCUT2D eigenvalue weighted by Gasteiger charge is 2.01. The summed E-state index contributed by atoms with van der Waals surface area (Å²) >= 11 is 3.18. The fraction of sp³-hybridized carbons (Fsp3) is 0. The van der Waals surface area contributed by atoms with Crippen LogP contribution in [0.5, 0.6) is 0 Å². The van der Waals surface area contributed by atoms with E-state index >= 15 is 0 Å². The molecule has 0 heterocycles. The van der Waals surface area contributed by atoms with Gasteiger partial charge in [0.15, 0.2) is 0 Å². The SMILES string of the molecule is NNC(N)=Nc1cc(Br)ccc1F. The van der Waals surface area contributed by atoms with Gasteiger partial charge in [-0.2, -0.15) is 0 Å². The van der Waals surface area contributed by atoms with E-state index in [1.807, 2.05) is 0 Å². The van der Waals surface area contributed by atoms with Crippen molar-refractivity contribution in [1.82, 2.24) is 5.43 Å². The monoisotopic (exact) mass is 246 g/mol. The van der Waals surface area contributed by atoms with Gasteiger partial charge in [-0.15, -0.1) is 0 Å². The Balaban J connectivity index is 3.07. The molecule has 0 aliphatic rings. The van der Waals surface area contributed by atoms with Gasteiger partial charge in [-0.05, 0) is 18.2 Å². The number of aliphatic imine (C=N–C) groups is 1. The van der Waals surface area contributed by atoms with E-state index in [-0.39, 0.29) is 11.6 Å². The van der Waals surface area contributed by atoms with Gasteiger partial charge in [-0.1, -0.05) is 15.9 Å². The van der Waals surface area contributed by atoms with Crippen molar-refractivity contribution in [3.05, 3.63) is 28.5 Å². The van der Waals surface area contributed by atoms with Crippen molar-refractivity contribution < 1.29 is 4.39 Å². The molecule has 0 spiro atoms. The molecule has 0 saturated heterocycles. The summed E-state index contributed by atoms with van der Waals surface area (Å²) in [5, 5.41) is 0. The molecule has 0 unspecified atom stereocenters. The Morgan fingerprint density at radius 3 is 2.85 bits per heavy atom. The molecule has 0 bridgehead atoms. The maximum Gasteiger partial charge on any atom is 0.208 e. The van der Waals surface area contributed by atoms with Crippen LogP contribution in [0.4, 0.5) is 10.1 Å². The molecule has 1 rings (SSSR count). The number of nitrogens with one attached hydrogen (secondary N) is 1. The van der Waals surface area contributed by atoms with Gasteiger partial charge < -0.3 is 5.73 Å². The van der Waals surface area contributed by atoms with E-state index in [4.69, 9.17) is 11.6 Å². The van der Waals surface area contributed by atoms with Crippen molar-refractivity contribution in [2.75, 3.05) is 0 Å². The molecule has 0 amide bonds. The summed E-state index contributed by atoms with van der Waals surface area (Å²) in [6.45, 7) is 0. The van der Waals surface area contributed by atoms with Crippen LogP contribution >= 0.6 is 15.9 Å². The first-order chi connectivity index (χ1) is 6.13. The number of hydrazine groups is 1. The zero-order valence-electron chi connectivity index (χ0n) is 6.59. The quantitative estimate of drug-likeness (QED) is 0.300. The molecule has 70 valence electrons. The van der Waals surface area contributed by atoms with Gasteiger partial charge in [0.25, 0.3) is 0 Å². The van der Waals surface area contributed by atoms with Gasteiger partial charge in [-0.25, -0.2) is 15.2 Å². The Morgan fingerprint density at radius 1 is 1.54 bits per heavy atom. The molecule has 6 heteroatoms. The molecule has 0 saturated carbocycles. The summed E-state index contributed by atoms with van der Waals surface area (Å²) in [4.78, 5) is 3.69. The Morgan fingerprint density at radius 2 is 2.23 bits per heavy atom. The van der Waals surface area contributed by atoms with Crippen molar-refractivity contribution in [3.8, 4) is 0 Å². The lowest BCUT2D eigenvalue weighted by molar-refractivity contribution is 0.629. The maximum atomic E-state index is 13.0. The van der Waals surface area contributed by atoms with Crippen LogP contribution in [0, 0.1) is 5.82 Å². The number of nitrogens with zero attached hydrogens (tertiary/aromatic N) is 1. The van der Waals surface area contributed by atoms with Crippen molar-refractivity contribution in [2.24, 2.45) is 16.6 Å². The van der Waals surface area contributed by atoms with Crippen LogP contribution in [0.3, 0.4) is 0 Å². The van der Waals surface area contributed by atoms with Gasteiger partial charge in [0.1, 0.15) is 11.5 Å². The summed E-state index contributed by atoms with van der Waals surface area (Å²) in [7, 11) is 0. The van der Waals surface area contributed by atoms with Gasteiger partial charge in [-0.3, -0.25) is 5.43 Å². The van der Waals surface area contributed by atoms with Crippen molar-refractivity contribution in [3.63, 3.8) is 0 Å². The first-order valence-corrected chi connectivity index (χ1v) is 4.18. The van der Waals surface area contributed by atoms with E-state index in [1.165, 1.54) is 12.1 Å². The molecule has 0 radical (unpaired) electrons. The van der Waals surface area contributed by atoms with Crippen molar-refractivity contribution >= 4 is 27.6 Å². The minimum absolute atomic E-state index is 0.0444. The number of hydrogen-bond donors (Lipinski definition) is 3. The van der Waals surface area contributed by atoms with Crippen LogP contribution in [-0.2, 0) is 0 Å². The zero-order chi connectivity index (χ0) is 9.84. The fourth-order valence-electron chi connectivity index (χ4n) is 0.734. The van der Waals surface area contributed by atoms with E-state index in [1.54, 1.807) is 6.07 Å². The second kappa shape index (κ2) is 4.20. The molecule has 0 aromatic heterocycles. The summed E-state index contributed by atoms with van der Waals surface area (Å²) in [5.74, 6) is 4.47. The molecular weight excluding hydrogens is 239 g/mol. The normalized spacial score (nSPS) is 11.5. The molecule has 0 fully saturated rings. The van der Waals surface area contributed by atoms with E-state index in [2.05, 4.69) is 26.3 Å². The van der Waals surface area contributed by atoms with Crippen molar-refractivity contribution in [1.29, 1.82) is 0 Å². The Labute approximate surface area is 82.9 Å². The van der Waals surface area contributed by atoms with Crippen LogP contribution < -0.4 is 17.0 Å². The van der Waals surface area contributed by atoms with Crippen LogP contribution in [-0.4, -0.2) is 5.96 Å². The third-order valence-electron chi connectivity index (χ3n) is 1.30. The first kappa shape index (κ1) is 9.94. The number of nitrogens with two attached hydrogens (primary N) is 2. The summed E-state index contributed by atoms with van der Waals surface area (Å²) in [6, 6.07) is 4.35. The standard InChI is InChI=1S/C7H8BrFN4/c8-4-1-2-5(9)6(3-4)12-7(10)13-11/h1-3H,11H2,(H3,10,12,13). The van der Waals surface area contributed by atoms with E-state index in [0.29, 0.717) is 0 Å². The smallest absolute Gasteiger partial charge is 0.208 e. The number of halogens is 2. The molecule has 13 heavy (non-hydrogen) atoms. The van der Waals surface area contributed by atoms with Gasteiger partial charge in [0, 0.05) is 4.47 Å². The van der Waals surface area contributed by atoms with Crippen LogP contribution in [0.15, 0.2) is 27.7 Å². The molecular formula is C7H8BrFN4.